The minimum Gasteiger partial charge on any atom is -0.0998 e. The van der Waals surface area contributed by atoms with Gasteiger partial charge in [-0.3, -0.25) is 0 Å². The molecule has 0 unspecified atom stereocenters. The Bertz CT molecular complexity index is 99.6. The lowest BCUT2D eigenvalue weighted by Crippen LogP contribution is -1.72. The Balaban J connectivity index is 3.83. The van der Waals surface area contributed by atoms with Gasteiger partial charge in [0.1, 0.15) is 0 Å². The first-order valence-corrected chi connectivity index (χ1v) is 2.28. The molecule has 0 aromatic rings. The second-order valence-corrected chi connectivity index (χ2v) is 1.84. The molecule has 0 radical (unpaired) electrons. The van der Waals surface area contributed by atoms with Gasteiger partial charge in [0.15, 0.2) is 0 Å². The summed E-state index contributed by atoms with van der Waals surface area (Å²) in [6.45, 7) is 10.9. The summed E-state index contributed by atoms with van der Waals surface area (Å²) in [6.07, 6.45) is -0.269. The molecule has 0 heterocycles. The van der Waals surface area contributed by atoms with E-state index in [1.165, 1.54) is 0 Å². The van der Waals surface area contributed by atoms with E-state index in [-0.39, 0.29) is 6.40 Å². The summed E-state index contributed by atoms with van der Waals surface area (Å²) in [5.74, 6) is 0. The normalized spacial score (nSPS) is 11.0. The van der Waals surface area contributed by atoms with Gasteiger partial charge < -0.3 is 0 Å². The fraction of sp³-hybridized carbons (Fsp3) is 0.429. The molecule has 0 rings (SSSR count). The Kier molecular flexibility index (Phi) is 1.73. The van der Waals surface area contributed by atoms with Crippen LogP contribution in [0.25, 0.3) is 0 Å². The zero-order valence-corrected chi connectivity index (χ0v) is 4.99. The molecule has 0 aliphatic carbocycles. The van der Waals surface area contributed by atoms with Crippen molar-refractivity contribution in [3.8, 4) is 0 Å². The van der Waals surface area contributed by atoms with Crippen molar-refractivity contribution < 1.29 is 1.37 Å². The van der Waals surface area contributed by atoms with Crippen LogP contribution < -0.4 is 0 Å². The third-order valence-corrected chi connectivity index (χ3v) is 0.493. The van der Waals surface area contributed by atoms with Crippen LogP contribution in [-0.2, 0) is 0 Å². The van der Waals surface area contributed by atoms with E-state index < -0.39 is 0 Å². The molecular weight excluding hydrogens is 84.1 g/mol. The molecular formula is C7H12. The van der Waals surface area contributed by atoms with Crippen LogP contribution >= 0.6 is 0 Å². The highest BCUT2D eigenvalue weighted by Gasteiger charge is 1.82. The molecule has 0 aliphatic rings. The second kappa shape index (κ2) is 2.62. The Morgan fingerprint density at radius 1 is 1.43 bits per heavy atom. The molecule has 0 atom stereocenters. The summed E-state index contributed by atoms with van der Waals surface area (Å²) in [6, 6.07) is 0. The van der Waals surface area contributed by atoms with Crippen molar-refractivity contribution in [1.29, 1.82) is 0 Å². The molecule has 0 saturated carbocycles. The smallest absolute Gasteiger partial charge is 0.0358 e. The lowest BCUT2D eigenvalue weighted by Gasteiger charge is -1.93. The van der Waals surface area contributed by atoms with Crippen molar-refractivity contribution in [1.82, 2.24) is 0 Å². The van der Waals surface area contributed by atoms with E-state index in [0.717, 1.165) is 11.1 Å². The van der Waals surface area contributed by atoms with E-state index in [1.807, 2.05) is 13.8 Å². The summed E-state index contributed by atoms with van der Waals surface area (Å²) in [7, 11) is 0. The number of allylic oxidation sites excluding steroid dienone is 2. The molecule has 0 nitrogen and oxygen atoms in total. The molecule has 0 amide bonds. The molecule has 40 valence electrons. The molecule has 7 heavy (non-hydrogen) atoms. The van der Waals surface area contributed by atoms with Gasteiger partial charge in [0.2, 0.25) is 0 Å². The number of rotatable bonds is 2. The van der Waals surface area contributed by atoms with Gasteiger partial charge in [-0.25, -0.2) is 0 Å². The maximum Gasteiger partial charge on any atom is 0.0358 e. The van der Waals surface area contributed by atoms with Crippen LogP contribution in [0.3, 0.4) is 0 Å². The SMILES string of the molecule is [3H]C(C(=C)C)C(=C)C. The van der Waals surface area contributed by atoms with Crippen molar-refractivity contribution in [2.45, 2.75) is 20.2 Å². The van der Waals surface area contributed by atoms with E-state index in [4.69, 9.17) is 1.37 Å². The van der Waals surface area contributed by atoms with Gasteiger partial charge in [0.05, 0.1) is 0 Å². The van der Waals surface area contributed by atoms with E-state index in [2.05, 4.69) is 13.2 Å². The lowest BCUT2D eigenvalue weighted by atomic mass is 10.1. The summed E-state index contributed by atoms with van der Waals surface area (Å²) < 4.78 is 7.28. The van der Waals surface area contributed by atoms with E-state index in [0.29, 0.717) is 0 Å². The lowest BCUT2D eigenvalue weighted by molar-refractivity contribution is 1.13. The third-order valence-electron chi connectivity index (χ3n) is 0.493. The minimum absolute atomic E-state index is 0.269. The maximum absolute atomic E-state index is 7.28. The predicted octanol–water partition coefficient (Wildman–Crippen LogP) is 2.53. The first kappa shape index (κ1) is 4.63. The Hall–Kier alpha value is -0.520. The summed E-state index contributed by atoms with van der Waals surface area (Å²) in [4.78, 5) is 0. The molecule has 0 N–H and O–H groups in total. The van der Waals surface area contributed by atoms with Crippen molar-refractivity contribution >= 4 is 0 Å². The summed E-state index contributed by atoms with van der Waals surface area (Å²) in [5, 5.41) is 0. The molecule has 0 aromatic heterocycles. The quantitative estimate of drug-likeness (QED) is 0.465. The van der Waals surface area contributed by atoms with Crippen LogP contribution in [0.5, 0.6) is 0 Å². The maximum atomic E-state index is 7.28. The zero-order chi connectivity index (χ0) is 6.73. The second-order valence-electron chi connectivity index (χ2n) is 1.84. The molecule has 0 bridgehead atoms. The summed E-state index contributed by atoms with van der Waals surface area (Å²) >= 11 is 0. The van der Waals surface area contributed by atoms with Crippen LogP contribution in [0.1, 0.15) is 21.6 Å². The van der Waals surface area contributed by atoms with Gasteiger partial charge in [-0.05, 0) is 20.2 Å². The first-order valence-electron chi connectivity index (χ1n) is 2.86. The zero-order valence-electron chi connectivity index (χ0n) is 5.99. The minimum atomic E-state index is -0.269. The first-order chi connectivity index (χ1) is 3.55. The van der Waals surface area contributed by atoms with Crippen LogP contribution in [0.2, 0.25) is 0 Å². The van der Waals surface area contributed by atoms with E-state index >= 15 is 0 Å². The standard InChI is InChI=1S/C7H12/c1-6(2)5-7(3)4/h1,3,5H2,2,4H3/i5T. The molecule has 0 fully saturated rings. The summed E-state index contributed by atoms with van der Waals surface area (Å²) in [5.41, 5.74) is 1.72. The molecule has 0 aliphatic heterocycles. The fourth-order valence-corrected chi connectivity index (χ4v) is 0.421. The Morgan fingerprint density at radius 3 is 1.71 bits per heavy atom. The number of hydrogen-bond donors (Lipinski definition) is 0. The van der Waals surface area contributed by atoms with Crippen LogP contribution in [0, 0.1) is 0 Å². The molecule has 0 heteroatoms. The van der Waals surface area contributed by atoms with Gasteiger partial charge in [-0.2, -0.15) is 0 Å². The number of hydrogen-bond acceptors (Lipinski definition) is 0. The Morgan fingerprint density at radius 2 is 1.71 bits per heavy atom. The van der Waals surface area contributed by atoms with Gasteiger partial charge in [0.25, 0.3) is 0 Å². The van der Waals surface area contributed by atoms with E-state index in [1.54, 1.807) is 0 Å². The van der Waals surface area contributed by atoms with Gasteiger partial charge in [-0.1, -0.05) is 24.3 Å². The fourth-order valence-electron chi connectivity index (χ4n) is 0.421. The highest BCUT2D eigenvalue weighted by molar-refractivity contribution is 5.03. The Labute approximate surface area is 47.0 Å². The highest BCUT2D eigenvalue weighted by atomic mass is 13.9. The van der Waals surface area contributed by atoms with Gasteiger partial charge >= 0.3 is 0 Å². The van der Waals surface area contributed by atoms with Crippen molar-refractivity contribution in [2.24, 2.45) is 0 Å². The van der Waals surface area contributed by atoms with E-state index in [9.17, 15) is 0 Å². The van der Waals surface area contributed by atoms with Crippen LogP contribution in [-0.4, -0.2) is 0 Å². The van der Waals surface area contributed by atoms with Crippen LogP contribution in [0.4, 0.5) is 0 Å². The van der Waals surface area contributed by atoms with Crippen molar-refractivity contribution in [3.63, 3.8) is 0 Å². The third kappa shape index (κ3) is 5.48. The molecule has 0 spiro atoms. The average molecular weight is 98.2 g/mol. The topological polar surface area (TPSA) is 0 Å². The highest BCUT2D eigenvalue weighted by Crippen LogP contribution is 2.02. The largest absolute Gasteiger partial charge is 0.0998 e. The predicted molar refractivity (Wildman–Crippen MR) is 34.2 cm³/mol. The van der Waals surface area contributed by atoms with Gasteiger partial charge in [-0.15, -0.1) is 0 Å². The monoisotopic (exact) mass is 98.1 g/mol. The van der Waals surface area contributed by atoms with Crippen LogP contribution in [0.15, 0.2) is 24.3 Å². The average Bonchev–Trinajstić information content (AvgIpc) is 1.64. The van der Waals surface area contributed by atoms with Gasteiger partial charge in [0, 0.05) is 1.37 Å². The molecule has 0 saturated heterocycles. The van der Waals surface area contributed by atoms with Crippen molar-refractivity contribution in [2.75, 3.05) is 0 Å². The molecule has 0 aromatic carbocycles. The van der Waals surface area contributed by atoms with Crippen molar-refractivity contribution in [3.05, 3.63) is 24.3 Å².